The van der Waals surface area contributed by atoms with Gasteiger partial charge in [-0.3, -0.25) is 9.59 Å². The molecule has 0 unspecified atom stereocenters. The number of esters is 1. The quantitative estimate of drug-likeness (QED) is 0.556. The highest BCUT2D eigenvalue weighted by atomic mass is 16.5. The van der Waals surface area contributed by atoms with E-state index >= 15 is 0 Å². The Balaban J connectivity index is 2.35. The summed E-state index contributed by atoms with van der Waals surface area (Å²) in [6, 6.07) is 0. The number of carbonyl (C=O) groups is 2. The number of carbonyl (C=O) groups excluding carboxylic acids is 2. The number of methoxy groups -OCH3 is 1. The van der Waals surface area contributed by atoms with E-state index in [-0.39, 0.29) is 17.7 Å². The summed E-state index contributed by atoms with van der Waals surface area (Å²) in [7, 11) is 1.66. The van der Waals surface area contributed by atoms with Gasteiger partial charge in [0.05, 0.1) is 5.60 Å². The van der Waals surface area contributed by atoms with Crippen molar-refractivity contribution in [2.75, 3.05) is 7.11 Å². The van der Waals surface area contributed by atoms with Gasteiger partial charge in [-0.1, -0.05) is 0 Å². The third-order valence-electron chi connectivity index (χ3n) is 3.88. The van der Waals surface area contributed by atoms with E-state index in [1.54, 1.807) is 20.1 Å². The zero-order chi connectivity index (χ0) is 13.3. The summed E-state index contributed by atoms with van der Waals surface area (Å²) in [5.74, 6) is 0.393. The van der Waals surface area contributed by atoms with Crippen LogP contribution in [0.5, 0.6) is 0 Å². The van der Waals surface area contributed by atoms with Crippen LogP contribution in [0.1, 0.15) is 33.1 Å². The standard InChI is InChI=1S/C14H18O4/c1-9(18-10(2)15)12-5-7-14(17-3)6-4-11(16)8-13(12)14/h4,6,13H,5,7-8H2,1-3H3/b12-9+/t13-,14-/m0/s1. The largest absolute Gasteiger partial charge is 0.432 e. The lowest BCUT2D eigenvalue weighted by atomic mass is 9.80. The number of ketones is 1. The van der Waals surface area contributed by atoms with Crippen molar-refractivity contribution < 1.29 is 19.1 Å². The SMILES string of the molecule is CO[C@]12C=CC(=O)C[C@H]1/C(=C(\C)OC(C)=O)CC2. The van der Waals surface area contributed by atoms with Crippen molar-refractivity contribution in [3.05, 3.63) is 23.5 Å². The van der Waals surface area contributed by atoms with Crippen molar-refractivity contribution in [2.45, 2.75) is 38.7 Å². The predicted molar refractivity (Wildman–Crippen MR) is 65.7 cm³/mol. The Bertz CT molecular complexity index is 447. The molecule has 98 valence electrons. The van der Waals surface area contributed by atoms with Gasteiger partial charge in [0.1, 0.15) is 5.76 Å². The van der Waals surface area contributed by atoms with E-state index in [4.69, 9.17) is 9.47 Å². The van der Waals surface area contributed by atoms with E-state index in [9.17, 15) is 9.59 Å². The Hall–Kier alpha value is -1.42. The van der Waals surface area contributed by atoms with Crippen LogP contribution >= 0.6 is 0 Å². The number of hydrogen-bond donors (Lipinski definition) is 0. The Morgan fingerprint density at radius 2 is 2.17 bits per heavy atom. The highest BCUT2D eigenvalue weighted by Gasteiger charge is 2.47. The Kier molecular flexibility index (Phi) is 3.39. The van der Waals surface area contributed by atoms with E-state index in [2.05, 4.69) is 0 Å². The number of allylic oxidation sites excluding steroid dienone is 2. The number of fused-ring (bicyclic) bond motifs is 1. The fraction of sp³-hybridized carbons (Fsp3) is 0.571. The molecular formula is C14H18O4. The average Bonchev–Trinajstić information content (AvgIpc) is 2.67. The minimum Gasteiger partial charge on any atom is -0.432 e. The van der Waals surface area contributed by atoms with Crippen LogP contribution in [0, 0.1) is 5.92 Å². The first-order valence-corrected chi connectivity index (χ1v) is 6.14. The molecule has 0 spiro atoms. The van der Waals surface area contributed by atoms with Crippen LogP contribution in [0.25, 0.3) is 0 Å². The second kappa shape index (κ2) is 4.69. The van der Waals surface area contributed by atoms with Crippen molar-refractivity contribution in [2.24, 2.45) is 5.92 Å². The van der Waals surface area contributed by atoms with Crippen molar-refractivity contribution in [1.82, 2.24) is 0 Å². The minimum absolute atomic E-state index is 0.000602. The minimum atomic E-state index is -0.398. The average molecular weight is 250 g/mol. The van der Waals surface area contributed by atoms with Crippen LogP contribution in [0.4, 0.5) is 0 Å². The molecule has 18 heavy (non-hydrogen) atoms. The summed E-state index contributed by atoms with van der Waals surface area (Å²) in [5, 5.41) is 0. The number of hydrogen-bond acceptors (Lipinski definition) is 4. The molecule has 0 radical (unpaired) electrons. The molecule has 2 rings (SSSR count). The molecule has 0 aromatic carbocycles. The van der Waals surface area contributed by atoms with Crippen LogP contribution in [0.15, 0.2) is 23.5 Å². The Labute approximate surface area is 107 Å². The summed E-state index contributed by atoms with van der Waals surface area (Å²) >= 11 is 0. The summed E-state index contributed by atoms with van der Waals surface area (Å²) in [6.45, 7) is 3.17. The molecule has 0 N–H and O–H groups in total. The molecule has 2 aliphatic rings. The van der Waals surface area contributed by atoms with Crippen LogP contribution in [0.3, 0.4) is 0 Å². The van der Waals surface area contributed by atoms with Gasteiger partial charge in [-0.15, -0.1) is 0 Å². The molecule has 1 fully saturated rings. The second-order valence-electron chi connectivity index (χ2n) is 4.89. The molecule has 0 aromatic rings. The zero-order valence-electron chi connectivity index (χ0n) is 11.0. The molecule has 0 aromatic heterocycles. The highest BCUT2D eigenvalue weighted by molar-refractivity contribution is 5.91. The fourth-order valence-corrected chi connectivity index (χ4v) is 2.99. The molecule has 4 nitrogen and oxygen atoms in total. The van der Waals surface area contributed by atoms with Crippen molar-refractivity contribution in [1.29, 1.82) is 0 Å². The first kappa shape index (κ1) is 13.0. The van der Waals surface area contributed by atoms with Crippen molar-refractivity contribution in [3.63, 3.8) is 0 Å². The summed E-state index contributed by atoms with van der Waals surface area (Å²) in [4.78, 5) is 22.6. The maximum Gasteiger partial charge on any atom is 0.307 e. The first-order chi connectivity index (χ1) is 8.48. The Morgan fingerprint density at radius 1 is 1.44 bits per heavy atom. The van der Waals surface area contributed by atoms with Gasteiger partial charge < -0.3 is 9.47 Å². The zero-order valence-corrected chi connectivity index (χ0v) is 11.0. The van der Waals surface area contributed by atoms with Crippen LogP contribution < -0.4 is 0 Å². The summed E-state index contributed by atoms with van der Waals surface area (Å²) in [5.41, 5.74) is 0.634. The van der Waals surface area contributed by atoms with Crippen LogP contribution in [-0.2, 0) is 19.1 Å². The van der Waals surface area contributed by atoms with Gasteiger partial charge in [0.15, 0.2) is 5.78 Å². The smallest absolute Gasteiger partial charge is 0.307 e. The lowest BCUT2D eigenvalue weighted by molar-refractivity contribution is -0.136. The van der Waals surface area contributed by atoms with E-state index in [1.165, 1.54) is 6.92 Å². The van der Waals surface area contributed by atoms with E-state index in [1.807, 2.05) is 6.08 Å². The third kappa shape index (κ3) is 2.12. The molecule has 0 aliphatic heterocycles. The molecule has 0 amide bonds. The molecule has 2 aliphatic carbocycles. The van der Waals surface area contributed by atoms with Gasteiger partial charge in [-0.25, -0.2) is 0 Å². The van der Waals surface area contributed by atoms with Gasteiger partial charge in [-0.2, -0.15) is 0 Å². The molecule has 1 saturated carbocycles. The predicted octanol–water partition coefficient (Wildman–Crippen LogP) is 2.15. The third-order valence-corrected chi connectivity index (χ3v) is 3.88. The lowest BCUT2D eigenvalue weighted by Crippen LogP contribution is -2.38. The number of rotatable bonds is 2. The molecule has 0 saturated heterocycles. The van der Waals surface area contributed by atoms with E-state index in [0.717, 1.165) is 18.4 Å². The van der Waals surface area contributed by atoms with Crippen molar-refractivity contribution in [3.8, 4) is 0 Å². The molecule has 0 heterocycles. The molecule has 4 heteroatoms. The summed E-state index contributed by atoms with van der Waals surface area (Å²) in [6.07, 6.45) is 5.51. The van der Waals surface area contributed by atoms with Gasteiger partial charge in [-0.05, 0) is 37.5 Å². The van der Waals surface area contributed by atoms with Crippen molar-refractivity contribution >= 4 is 11.8 Å². The monoisotopic (exact) mass is 250 g/mol. The highest BCUT2D eigenvalue weighted by Crippen LogP contribution is 2.48. The van der Waals surface area contributed by atoms with Crippen LogP contribution in [0.2, 0.25) is 0 Å². The van der Waals surface area contributed by atoms with E-state index in [0.29, 0.717) is 12.2 Å². The molecule has 0 bridgehead atoms. The van der Waals surface area contributed by atoms with Gasteiger partial charge in [0, 0.05) is 26.4 Å². The topological polar surface area (TPSA) is 52.6 Å². The van der Waals surface area contributed by atoms with Gasteiger partial charge in [0.25, 0.3) is 0 Å². The molecule has 2 atom stereocenters. The van der Waals surface area contributed by atoms with Gasteiger partial charge >= 0.3 is 5.97 Å². The number of ether oxygens (including phenoxy) is 2. The summed E-state index contributed by atoms with van der Waals surface area (Å²) < 4.78 is 10.8. The normalized spacial score (nSPS) is 33.3. The maximum atomic E-state index is 11.6. The lowest BCUT2D eigenvalue weighted by Gasteiger charge is -2.34. The Morgan fingerprint density at radius 3 is 2.78 bits per heavy atom. The second-order valence-corrected chi connectivity index (χ2v) is 4.89. The van der Waals surface area contributed by atoms with Crippen LogP contribution in [-0.4, -0.2) is 24.5 Å². The maximum absolute atomic E-state index is 11.6. The molecular weight excluding hydrogens is 232 g/mol. The first-order valence-electron chi connectivity index (χ1n) is 6.14. The van der Waals surface area contributed by atoms with Gasteiger partial charge in [0.2, 0.25) is 0 Å². The van der Waals surface area contributed by atoms with E-state index < -0.39 is 5.60 Å². The fourth-order valence-electron chi connectivity index (χ4n) is 2.99.